The Labute approximate surface area is 160 Å². The van der Waals surface area contributed by atoms with E-state index in [-0.39, 0.29) is 0 Å². The summed E-state index contributed by atoms with van der Waals surface area (Å²) in [6.07, 6.45) is 2.60. The third-order valence-electron chi connectivity index (χ3n) is 5.47. The molecule has 1 saturated heterocycles. The van der Waals surface area contributed by atoms with Crippen molar-refractivity contribution in [3.63, 3.8) is 0 Å². The molecular weight excluding hydrogens is 332 g/mol. The Morgan fingerprint density at radius 2 is 1.85 bits per heavy atom. The molecule has 0 N–H and O–H groups in total. The van der Waals surface area contributed by atoms with Gasteiger partial charge in [-0.2, -0.15) is 5.26 Å². The number of ether oxygens (including phenoxy) is 1. The maximum Gasteiger partial charge on any atom is 0.120 e. The number of nitrogens with zero attached hydrogens (tertiary/aromatic N) is 2. The van der Waals surface area contributed by atoms with Gasteiger partial charge in [0.15, 0.2) is 0 Å². The topological polar surface area (TPSA) is 36.3 Å². The quantitative estimate of drug-likeness (QED) is 0.627. The van der Waals surface area contributed by atoms with Gasteiger partial charge in [-0.05, 0) is 78.5 Å². The zero-order chi connectivity index (χ0) is 18.6. The summed E-state index contributed by atoms with van der Waals surface area (Å²) in [6.45, 7) is 5.22. The molecule has 0 saturated carbocycles. The molecule has 0 radical (unpaired) electrons. The Hall–Kier alpha value is -2.83. The normalized spacial score (nSPS) is 17.1. The van der Waals surface area contributed by atoms with E-state index in [9.17, 15) is 0 Å². The molecule has 3 aromatic rings. The van der Waals surface area contributed by atoms with Gasteiger partial charge in [-0.3, -0.25) is 4.90 Å². The van der Waals surface area contributed by atoms with Gasteiger partial charge < -0.3 is 4.74 Å². The molecule has 3 heteroatoms. The van der Waals surface area contributed by atoms with Gasteiger partial charge in [0.1, 0.15) is 12.4 Å². The molecular formula is C24H24N2O. The average Bonchev–Trinajstić information content (AvgIpc) is 3.12. The molecule has 4 rings (SSSR count). The molecule has 1 fully saturated rings. The number of benzene rings is 3. The van der Waals surface area contributed by atoms with Crippen LogP contribution in [0.25, 0.3) is 21.9 Å². The first-order valence-corrected chi connectivity index (χ1v) is 9.64. The minimum Gasteiger partial charge on any atom is -0.492 e. The summed E-state index contributed by atoms with van der Waals surface area (Å²) in [5.74, 6) is 0.925. The Kier molecular flexibility index (Phi) is 5.09. The molecule has 1 heterocycles. The lowest BCUT2D eigenvalue weighted by molar-refractivity contribution is 0.205. The summed E-state index contributed by atoms with van der Waals surface area (Å²) >= 11 is 0. The highest BCUT2D eigenvalue weighted by Crippen LogP contribution is 2.27. The van der Waals surface area contributed by atoms with Gasteiger partial charge in [-0.1, -0.05) is 30.3 Å². The number of rotatable bonds is 5. The minimum atomic E-state index is 0.683. The zero-order valence-corrected chi connectivity index (χ0v) is 15.7. The van der Waals surface area contributed by atoms with E-state index in [1.807, 2.05) is 30.3 Å². The van der Waals surface area contributed by atoms with Crippen LogP contribution >= 0.6 is 0 Å². The lowest BCUT2D eigenvalue weighted by atomic mass is 10.00. The molecule has 1 aliphatic heterocycles. The number of fused-ring (bicyclic) bond motifs is 1. The van der Waals surface area contributed by atoms with Crippen molar-refractivity contribution < 1.29 is 4.74 Å². The summed E-state index contributed by atoms with van der Waals surface area (Å²) < 4.78 is 5.99. The van der Waals surface area contributed by atoms with E-state index in [1.165, 1.54) is 30.2 Å². The third kappa shape index (κ3) is 3.97. The van der Waals surface area contributed by atoms with Crippen LogP contribution in [0.1, 0.15) is 25.3 Å². The van der Waals surface area contributed by atoms with Crippen molar-refractivity contribution >= 4 is 10.8 Å². The van der Waals surface area contributed by atoms with Crippen LogP contribution in [0.2, 0.25) is 0 Å². The fourth-order valence-corrected chi connectivity index (χ4v) is 3.87. The smallest absolute Gasteiger partial charge is 0.120 e. The first-order valence-electron chi connectivity index (χ1n) is 9.64. The highest BCUT2D eigenvalue weighted by atomic mass is 16.5. The molecule has 0 spiro atoms. The number of hydrogen-bond acceptors (Lipinski definition) is 3. The fourth-order valence-electron chi connectivity index (χ4n) is 3.87. The van der Waals surface area contributed by atoms with Gasteiger partial charge in [-0.25, -0.2) is 0 Å². The van der Waals surface area contributed by atoms with E-state index in [0.29, 0.717) is 11.6 Å². The largest absolute Gasteiger partial charge is 0.492 e. The van der Waals surface area contributed by atoms with E-state index in [4.69, 9.17) is 10.00 Å². The van der Waals surface area contributed by atoms with E-state index in [1.54, 1.807) is 0 Å². The monoisotopic (exact) mass is 356 g/mol. The number of hydrogen-bond donors (Lipinski definition) is 0. The lowest BCUT2D eigenvalue weighted by Crippen LogP contribution is -2.31. The molecule has 1 aliphatic rings. The van der Waals surface area contributed by atoms with E-state index in [2.05, 4.69) is 48.2 Å². The van der Waals surface area contributed by atoms with Crippen molar-refractivity contribution in [2.24, 2.45) is 0 Å². The van der Waals surface area contributed by atoms with Crippen LogP contribution in [-0.2, 0) is 0 Å². The lowest BCUT2D eigenvalue weighted by Gasteiger charge is -2.20. The Morgan fingerprint density at radius 3 is 2.67 bits per heavy atom. The number of nitriles is 1. The van der Waals surface area contributed by atoms with Crippen molar-refractivity contribution in [1.29, 1.82) is 5.26 Å². The molecule has 0 bridgehead atoms. The van der Waals surface area contributed by atoms with Crippen molar-refractivity contribution in [2.75, 3.05) is 19.7 Å². The minimum absolute atomic E-state index is 0.683. The molecule has 0 aromatic heterocycles. The maximum atomic E-state index is 9.10. The number of likely N-dealkylation sites (tertiary alicyclic amines) is 1. The van der Waals surface area contributed by atoms with Gasteiger partial charge in [0, 0.05) is 12.6 Å². The molecule has 3 nitrogen and oxygen atoms in total. The van der Waals surface area contributed by atoms with Gasteiger partial charge >= 0.3 is 0 Å². The predicted octanol–water partition coefficient (Wildman–Crippen LogP) is 5.24. The van der Waals surface area contributed by atoms with Crippen molar-refractivity contribution in [3.8, 4) is 22.9 Å². The first kappa shape index (κ1) is 17.6. The molecule has 3 aromatic carbocycles. The second-order valence-electron chi connectivity index (χ2n) is 7.29. The third-order valence-corrected chi connectivity index (χ3v) is 5.47. The molecule has 27 heavy (non-hydrogen) atoms. The predicted molar refractivity (Wildman–Crippen MR) is 110 cm³/mol. The second-order valence-corrected chi connectivity index (χ2v) is 7.29. The van der Waals surface area contributed by atoms with E-state index < -0.39 is 0 Å². The maximum absolute atomic E-state index is 9.10. The van der Waals surface area contributed by atoms with Crippen molar-refractivity contribution in [1.82, 2.24) is 4.90 Å². The highest BCUT2D eigenvalue weighted by Gasteiger charge is 2.19. The summed E-state index contributed by atoms with van der Waals surface area (Å²) in [5, 5.41) is 11.4. The molecule has 0 unspecified atom stereocenters. The summed E-state index contributed by atoms with van der Waals surface area (Å²) in [4.78, 5) is 2.50. The first-order chi connectivity index (χ1) is 13.2. The van der Waals surface area contributed by atoms with E-state index >= 15 is 0 Å². The summed E-state index contributed by atoms with van der Waals surface area (Å²) in [5.41, 5.74) is 2.87. The Bertz CT molecular complexity index is 989. The summed E-state index contributed by atoms with van der Waals surface area (Å²) in [6, 6.07) is 23.3. The van der Waals surface area contributed by atoms with Crippen LogP contribution in [0.3, 0.4) is 0 Å². The van der Waals surface area contributed by atoms with E-state index in [0.717, 1.165) is 30.0 Å². The molecule has 0 amide bonds. The molecule has 136 valence electrons. The Balaban J connectivity index is 1.47. The standard InChI is InChI=1S/C24H24N2O/c1-18-4-3-11-26(18)12-13-27-24-10-9-22-15-21(7-8-23(22)16-24)20-6-2-5-19(14-20)17-25/h2,5-10,14-16,18H,3-4,11-13H2,1H3/t18-/m1/s1. The van der Waals surface area contributed by atoms with Gasteiger partial charge in [-0.15, -0.1) is 0 Å². The molecule has 1 atom stereocenters. The zero-order valence-electron chi connectivity index (χ0n) is 15.7. The van der Waals surface area contributed by atoms with Crippen LogP contribution in [0.5, 0.6) is 5.75 Å². The van der Waals surface area contributed by atoms with Crippen molar-refractivity contribution in [3.05, 3.63) is 66.2 Å². The Morgan fingerprint density at radius 1 is 1.04 bits per heavy atom. The summed E-state index contributed by atoms with van der Waals surface area (Å²) in [7, 11) is 0. The fraction of sp³-hybridized carbons (Fsp3) is 0.292. The van der Waals surface area contributed by atoms with Crippen LogP contribution < -0.4 is 4.74 Å². The van der Waals surface area contributed by atoms with Crippen LogP contribution in [0.4, 0.5) is 0 Å². The molecule has 0 aliphatic carbocycles. The average molecular weight is 356 g/mol. The highest BCUT2D eigenvalue weighted by molar-refractivity contribution is 5.88. The van der Waals surface area contributed by atoms with Crippen LogP contribution in [0, 0.1) is 11.3 Å². The second kappa shape index (κ2) is 7.82. The van der Waals surface area contributed by atoms with Crippen LogP contribution in [0.15, 0.2) is 60.7 Å². The van der Waals surface area contributed by atoms with Gasteiger partial charge in [0.05, 0.1) is 11.6 Å². The van der Waals surface area contributed by atoms with Crippen LogP contribution in [-0.4, -0.2) is 30.6 Å². The SMILES string of the molecule is C[C@@H]1CCCN1CCOc1ccc2cc(-c3cccc(C#N)c3)ccc2c1. The van der Waals surface area contributed by atoms with Gasteiger partial charge in [0.25, 0.3) is 0 Å². The van der Waals surface area contributed by atoms with Gasteiger partial charge in [0.2, 0.25) is 0 Å². The van der Waals surface area contributed by atoms with Crippen molar-refractivity contribution in [2.45, 2.75) is 25.8 Å².